The minimum atomic E-state index is 0.510. The Morgan fingerprint density at radius 1 is 1.27 bits per heavy atom. The van der Waals surface area contributed by atoms with Crippen molar-refractivity contribution in [2.45, 2.75) is 52.0 Å². The summed E-state index contributed by atoms with van der Waals surface area (Å²) in [5, 5.41) is 0. The first-order valence-electron chi connectivity index (χ1n) is 4.99. The predicted octanol–water partition coefficient (Wildman–Crippen LogP) is 2.55. The lowest BCUT2D eigenvalue weighted by atomic mass is 9.78. The van der Waals surface area contributed by atoms with Gasteiger partial charge in [-0.3, -0.25) is 0 Å². The minimum absolute atomic E-state index is 0.510. The molecule has 0 amide bonds. The minimum Gasteiger partial charge on any atom is -0.328 e. The van der Waals surface area contributed by atoms with Crippen LogP contribution in [0.15, 0.2) is 0 Å². The van der Waals surface area contributed by atoms with Crippen molar-refractivity contribution in [1.82, 2.24) is 0 Å². The average molecular weight is 155 g/mol. The second-order valence-electron chi connectivity index (χ2n) is 4.06. The van der Waals surface area contributed by atoms with Gasteiger partial charge in [-0.15, -0.1) is 0 Å². The standard InChI is InChI=1S/C10H21N/c1-3-8(2)9-4-6-10(11)7-5-9/h8-10H,3-7,11H2,1-2H3/t8-,9?,10?/m1/s1. The van der Waals surface area contributed by atoms with E-state index in [2.05, 4.69) is 13.8 Å². The lowest BCUT2D eigenvalue weighted by Gasteiger charge is -2.29. The number of hydrogen-bond donors (Lipinski definition) is 1. The van der Waals surface area contributed by atoms with Crippen molar-refractivity contribution >= 4 is 0 Å². The van der Waals surface area contributed by atoms with Gasteiger partial charge in [-0.1, -0.05) is 20.3 Å². The molecule has 11 heavy (non-hydrogen) atoms. The first-order chi connectivity index (χ1) is 5.24. The predicted molar refractivity (Wildman–Crippen MR) is 49.4 cm³/mol. The van der Waals surface area contributed by atoms with Crippen molar-refractivity contribution < 1.29 is 0 Å². The molecule has 0 spiro atoms. The van der Waals surface area contributed by atoms with E-state index >= 15 is 0 Å². The van der Waals surface area contributed by atoms with Crippen molar-refractivity contribution in [2.24, 2.45) is 17.6 Å². The second-order valence-corrected chi connectivity index (χ2v) is 4.06. The van der Waals surface area contributed by atoms with Gasteiger partial charge in [0.05, 0.1) is 0 Å². The van der Waals surface area contributed by atoms with Gasteiger partial charge in [-0.05, 0) is 37.5 Å². The smallest absolute Gasteiger partial charge is 0.00390 e. The van der Waals surface area contributed by atoms with Crippen LogP contribution in [0.2, 0.25) is 0 Å². The molecule has 1 aliphatic carbocycles. The van der Waals surface area contributed by atoms with E-state index in [9.17, 15) is 0 Å². The van der Waals surface area contributed by atoms with Gasteiger partial charge in [0.25, 0.3) is 0 Å². The Kier molecular flexibility index (Phi) is 3.38. The first kappa shape index (κ1) is 9.05. The Balaban J connectivity index is 2.27. The van der Waals surface area contributed by atoms with E-state index in [0.717, 1.165) is 11.8 Å². The van der Waals surface area contributed by atoms with Crippen LogP contribution in [-0.4, -0.2) is 6.04 Å². The SMILES string of the molecule is CC[C@@H](C)C1CCC(N)CC1. The maximum Gasteiger partial charge on any atom is 0.00390 e. The molecule has 1 saturated carbocycles. The first-order valence-corrected chi connectivity index (χ1v) is 4.99. The fourth-order valence-corrected chi connectivity index (χ4v) is 2.05. The van der Waals surface area contributed by atoms with Crippen LogP contribution in [0.25, 0.3) is 0 Å². The van der Waals surface area contributed by atoms with Crippen LogP contribution in [0.1, 0.15) is 46.0 Å². The van der Waals surface area contributed by atoms with Crippen molar-refractivity contribution in [3.05, 3.63) is 0 Å². The van der Waals surface area contributed by atoms with E-state index in [0.29, 0.717) is 6.04 Å². The molecule has 0 bridgehead atoms. The van der Waals surface area contributed by atoms with Gasteiger partial charge in [0.2, 0.25) is 0 Å². The summed E-state index contributed by atoms with van der Waals surface area (Å²) >= 11 is 0. The van der Waals surface area contributed by atoms with Gasteiger partial charge in [0, 0.05) is 6.04 Å². The van der Waals surface area contributed by atoms with Crippen LogP contribution in [-0.2, 0) is 0 Å². The van der Waals surface area contributed by atoms with Crippen molar-refractivity contribution in [3.8, 4) is 0 Å². The lowest BCUT2D eigenvalue weighted by molar-refractivity contribution is 0.241. The highest BCUT2D eigenvalue weighted by Gasteiger charge is 2.21. The summed E-state index contributed by atoms with van der Waals surface area (Å²) in [6.45, 7) is 4.67. The molecule has 0 aromatic carbocycles. The maximum atomic E-state index is 5.84. The fraction of sp³-hybridized carbons (Fsp3) is 1.00. The summed E-state index contributed by atoms with van der Waals surface area (Å²) in [5.74, 6) is 1.89. The Hall–Kier alpha value is -0.0400. The maximum absolute atomic E-state index is 5.84. The molecule has 1 heteroatoms. The Labute approximate surface area is 70.4 Å². The zero-order valence-electron chi connectivity index (χ0n) is 7.84. The largest absolute Gasteiger partial charge is 0.328 e. The third-order valence-corrected chi connectivity index (χ3v) is 3.27. The Bertz CT molecular complexity index is 103. The highest BCUT2D eigenvalue weighted by atomic mass is 14.6. The topological polar surface area (TPSA) is 26.0 Å². The molecule has 0 aliphatic heterocycles. The molecule has 0 unspecified atom stereocenters. The molecule has 1 aliphatic rings. The summed E-state index contributed by atoms with van der Waals surface area (Å²) in [6.07, 6.45) is 6.59. The van der Waals surface area contributed by atoms with Crippen LogP contribution in [0.3, 0.4) is 0 Å². The molecule has 66 valence electrons. The van der Waals surface area contributed by atoms with Crippen LogP contribution in [0.5, 0.6) is 0 Å². The number of rotatable bonds is 2. The summed E-state index contributed by atoms with van der Waals surface area (Å²) in [4.78, 5) is 0. The third kappa shape index (κ3) is 2.48. The van der Waals surface area contributed by atoms with Crippen LogP contribution >= 0.6 is 0 Å². The van der Waals surface area contributed by atoms with E-state index in [1.807, 2.05) is 0 Å². The van der Waals surface area contributed by atoms with Gasteiger partial charge < -0.3 is 5.73 Å². The molecule has 1 atom stereocenters. The monoisotopic (exact) mass is 155 g/mol. The number of nitrogens with two attached hydrogens (primary N) is 1. The zero-order chi connectivity index (χ0) is 8.27. The molecule has 0 saturated heterocycles. The molecule has 0 aromatic rings. The fourth-order valence-electron chi connectivity index (χ4n) is 2.05. The lowest BCUT2D eigenvalue weighted by Crippen LogP contribution is -2.28. The second kappa shape index (κ2) is 4.10. The van der Waals surface area contributed by atoms with E-state index in [-0.39, 0.29) is 0 Å². The normalized spacial score (nSPS) is 35.2. The van der Waals surface area contributed by atoms with Gasteiger partial charge in [-0.25, -0.2) is 0 Å². The third-order valence-electron chi connectivity index (χ3n) is 3.27. The Morgan fingerprint density at radius 3 is 2.27 bits per heavy atom. The molecule has 0 aromatic heterocycles. The molecule has 1 fully saturated rings. The van der Waals surface area contributed by atoms with Crippen LogP contribution in [0.4, 0.5) is 0 Å². The van der Waals surface area contributed by atoms with Gasteiger partial charge in [0.1, 0.15) is 0 Å². The summed E-state index contributed by atoms with van der Waals surface area (Å²) < 4.78 is 0. The van der Waals surface area contributed by atoms with Gasteiger partial charge in [0.15, 0.2) is 0 Å². The molecular weight excluding hydrogens is 134 g/mol. The van der Waals surface area contributed by atoms with Crippen LogP contribution < -0.4 is 5.73 Å². The number of hydrogen-bond acceptors (Lipinski definition) is 1. The van der Waals surface area contributed by atoms with Crippen molar-refractivity contribution in [2.75, 3.05) is 0 Å². The van der Waals surface area contributed by atoms with Crippen LogP contribution in [0, 0.1) is 11.8 Å². The van der Waals surface area contributed by atoms with E-state index in [4.69, 9.17) is 5.73 Å². The molecule has 1 rings (SSSR count). The zero-order valence-corrected chi connectivity index (χ0v) is 7.84. The van der Waals surface area contributed by atoms with E-state index < -0.39 is 0 Å². The molecule has 0 radical (unpaired) electrons. The molecular formula is C10H21N. The van der Waals surface area contributed by atoms with E-state index in [1.54, 1.807) is 0 Å². The summed E-state index contributed by atoms with van der Waals surface area (Å²) in [5.41, 5.74) is 5.84. The summed E-state index contributed by atoms with van der Waals surface area (Å²) in [7, 11) is 0. The highest BCUT2D eigenvalue weighted by Crippen LogP contribution is 2.30. The quantitative estimate of drug-likeness (QED) is 0.651. The Morgan fingerprint density at radius 2 is 1.82 bits per heavy atom. The van der Waals surface area contributed by atoms with Gasteiger partial charge >= 0.3 is 0 Å². The molecule has 2 N–H and O–H groups in total. The summed E-state index contributed by atoms with van der Waals surface area (Å²) in [6, 6.07) is 0.510. The average Bonchev–Trinajstić information content (AvgIpc) is 2.05. The van der Waals surface area contributed by atoms with Crippen molar-refractivity contribution in [3.63, 3.8) is 0 Å². The molecule has 0 heterocycles. The highest BCUT2D eigenvalue weighted by molar-refractivity contribution is 4.76. The van der Waals surface area contributed by atoms with Crippen molar-refractivity contribution in [1.29, 1.82) is 0 Å². The van der Waals surface area contributed by atoms with E-state index in [1.165, 1.54) is 32.1 Å². The molecule has 1 nitrogen and oxygen atoms in total. The van der Waals surface area contributed by atoms with Gasteiger partial charge in [-0.2, -0.15) is 0 Å².